The lowest BCUT2D eigenvalue weighted by atomic mass is 9.92. The Morgan fingerprint density at radius 3 is 2.71 bits per heavy atom. The molecule has 2 aromatic carbocycles. The van der Waals surface area contributed by atoms with Crippen molar-refractivity contribution >= 4 is 5.91 Å². The van der Waals surface area contributed by atoms with Crippen LogP contribution in [0.25, 0.3) is 5.69 Å². The average Bonchev–Trinajstić information content (AvgIpc) is 3.40. The number of amides is 1. The molecule has 0 atom stereocenters. The number of aryl methyl sites for hydroxylation is 1. The molecule has 0 unspecified atom stereocenters. The molecule has 2 aliphatic rings. The third-order valence-electron chi connectivity index (χ3n) is 6.09. The first-order valence-electron chi connectivity index (χ1n) is 10.5. The van der Waals surface area contributed by atoms with Crippen LogP contribution in [0.4, 0.5) is 0 Å². The minimum absolute atomic E-state index is 0.00772. The summed E-state index contributed by atoms with van der Waals surface area (Å²) in [6.45, 7) is 3.53. The number of nitrogens with one attached hydrogen (secondary N) is 1. The topological polar surface area (TPSA) is 89.4 Å². The Morgan fingerprint density at radius 1 is 1.13 bits per heavy atom. The molecule has 0 aliphatic carbocycles. The van der Waals surface area contributed by atoms with E-state index in [1.54, 1.807) is 22.8 Å². The number of fused-ring (bicyclic) bond motifs is 1. The smallest absolute Gasteiger partial charge is 0.347 e. The third kappa shape index (κ3) is 3.69. The molecule has 5 rings (SSSR count). The van der Waals surface area contributed by atoms with Crippen molar-refractivity contribution < 1.29 is 14.3 Å². The van der Waals surface area contributed by atoms with Gasteiger partial charge in [-0.05, 0) is 55.5 Å². The van der Waals surface area contributed by atoms with Crippen molar-refractivity contribution in [1.82, 2.24) is 19.7 Å². The third-order valence-corrected chi connectivity index (χ3v) is 6.09. The highest BCUT2D eigenvalue weighted by Gasteiger charge is 2.27. The number of hydrogen-bond donors (Lipinski definition) is 1. The van der Waals surface area contributed by atoms with Gasteiger partial charge in [0.15, 0.2) is 11.5 Å². The number of piperidine rings is 1. The Balaban J connectivity index is 1.26. The van der Waals surface area contributed by atoms with Crippen LogP contribution >= 0.6 is 0 Å². The molecule has 1 fully saturated rings. The molecule has 160 valence electrons. The van der Waals surface area contributed by atoms with E-state index in [2.05, 4.69) is 10.2 Å². The van der Waals surface area contributed by atoms with Gasteiger partial charge in [-0.25, -0.2) is 14.5 Å². The Bertz CT molecular complexity index is 1170. The minimum atomic E-state index is -0.222. The maximum absolute atomic E-state index is 12.9. The summed E-state index contributed by atoms with van der Waals surface area (Å²) in [6, 6.07) is 13.1. The van der Waals surface area contributed by atoms with E-state index < -0.39 is 0 Å². The largest absolute Gasteiger partial charge is 0.454 e. The summed E-state index contributed by atoms with van der Waals surface area (Å²) in [4.78, 5) is 27.2. The zero-order chi connectivity index (χ0) is 21.4. The highest BCUT2D eigenvalue weighted by atomic mass is 16.7. The van der Waals surface area contributed by atoms with E-state index in [1.165, 1.54) is 0 Å². The lowest BCUT2D eigenvalue weighted by Gasteiger charge is -2.32. The summed E-state index contributed by atoms with van der Waals surface area (Å²) >= 11 is 0. The summed E-state index contributed by atoms with van der Waals surface area (Å²) in [5, 5.41) is 6.87. The van der Waals surface area contributed by atoms with E-state index in [-0.39, 0.29) is 18.4 Å². The number of hydrogen-bond acceptors (Lipinski definition) is 5. The quantitative estimate of drug-likeness (QED) is 0.701. The number of rotatable bonds is 4. The van der Waals surface area contributed by atoms with Gasteiger partial charge < -0.3 is 14.4 Å². The number of para-hydroxylation sites is 1. The van der Waals surface area contributed by atoms with Gasteiger partial charge in [0.1, 0.15) is 5.82 Å². The van der Waals surface area contributed by atoms with Gasteiger partial charge in [0.05, 0.1) is 5.69 Å². The molecule has 1 aromatic heterocycles. The molecule has 31 heavy (non-hydrogen) atoms. The number of aromatic nitrogens is 3. The zero-order valence-corrected chi connectivity index (χ0v) is 17.3. The normalized spacial score (nSPS) is 16.0. The van der Waals surface area contributed by atoms with Crippen LogP contribution in [0.3, 0.4) is 0 Å². The summed E-state index contributed by atoms with van der Waals surface area (Å²) < 4.78 is 12.4. The van der Waals surface area contributed by atoms with Crippen molar-refractivity contribution in [2.24, 2.45) is 5.92 Å². The van der Waals surface area contributed by atoms with Crippen molar-refractivity contribution in [1.29, 1.82) is 0 Å². The fraction of sp³-hybridized carbons (Fsp3) is 0.348. The second-order valence-electron chi connectivity index (χ2n) is 8.07. The van der Waals surface area contributed by atoms with E-state index in [9.17, 15) is 9.59 Å². The summed E-state index contributed by atoms with van der Waals surface area (Å²) in [5.41, 5.74) is 2.27. The fourth-order valence-electron chi connectivity index (χ4n) is 4.34. The van der Waals surface area contributed by atoms with Gasteiger partial charge in [-0.15, -0.1) is 0 Å². The standard InChI is InChI=1S/C23H24N4O4/c1-15-4-2-3-5-18(15)27-21(24-25-23(27)29)12-16-8-10-26(11-9-16)22(28)17-6-7-19-20(13-17)31-14-30-19/h2-7,13,16H,8-12,14H2,1H3,(H,25,29). The predicted octanol–water partition coefficient (Wildman–Crippen LogP) is 2.69. The van der Waals surface area contributed by atoms with Crippen LogP contribution in [0.15, 0.2) is 47.3 Å². The van der Waals surface area contributed by atoms with Crippen LogP contribution in [0.2, 0.25) is 0 Å². The fourth-order valence-corrected chi connectivity index (χ4v) is 4.34. The van der Waals surface area contributed by atoms with E-state index in [1.807, 2.05) is 36.1 Å². The number of H-pyrrole nitrogens is 1. The Hall–Kier alpha value is -3.55. The molecule has 0 saturated carbocycles. The number of carbonyl (C=O) groups excluding carboxylic acids is 1. The molecule has 8 heteroatoms. The van der Waals surface area contributed by atoms with Crippen LogP contribution < -0.4 is 15.2 Å². The molecule has 1 amide bonds. The number of carbonyl (C=O) groups is 1. The monoisotopic (exact) mass is 420 g/mol. The molecule has 2 aliphatic heterocycles. The highest BCUT2D eigenvalue weighted by Crippen LogP contribution is 2.33. The molecule has 1 N–H and O–H groups in total. The number of likely N-dealkylation sites (tertiary alicyclic amines) is 1. The van der Waals surface area contributed by atoms with Gasteiger partial charge >= 0.3 is 5.69 Å². The van der Waals surface area contributed by atoms with Crippen LogP contribution in [-0.2, 0) is 6.42 Å². The van der Waals surface area contributed by atoms with E-state index in [0.717, 1.165) is 29.9 Å². The number of ether oxygens (including phenoxy) is 2. The van der Waals surface area contributed by atoms with Gasteiger partial charge in [0, 0.05) is 25.1 Å². The van der Waals surface area contributed by atoms with Crippen molar-refractivity contribution in [2.75, 3.05) is 19.9 Å². The molecular formula is C23H24N4O4. The Morgan fingerprint density at radius 2 is 1.90 bits per heavy atom. The molecular weight excluding hydrogens is 396 g/mol. The first kappa shape index (κ1) is 19.4. The maximum atomic E-state index is 12.9. The first-order valence-corrected chi connectivity index (χ1v) is 10.5. The minimum Gasteiger partial charge on any atom is -0.454 e. The van der Waals surface area contributed by atoms with Crippen molar-refractivity contribution in [3.05, 3.63) is 69.9 Å². The number of nitrogens with zero attached hydrogens (tertiary/aromatic N) is 3. The second-order valence-corrected chi connectivity index (χ2v) is 8.07. The molecule has 0 bridgehead atoms. The number of benzene rings is 2. The van der Waals surface area contributed by atoms with Crippen LogP contribution in [0.5, 0.6) is 11.5 Å². The highest BCUT2D eigenvalue weighted by molar-refractivity contribution is 5.95. The molecule has 3 aromatic rings. The van der Waals surface area contributed by atoms with Gasteiger partial charge in [-0.2, -0.15) is 5.10 Å². The SMILES string of the molecule is Cc1ccccc1-n1c(CC2CCN(C(=O)c3ccc4c(c3)OCO4)CC2)n[nH]c1=O. The molecule has 1 saturated heterocycles. The van der Waals surface area contributed by atoms with Crippen molar-refractivity contribution in [3.8, 4) is 17.2 Å². The molecule has 0 spiro atoms. The maximum Gasteiger partial charge on any atom is 0.347 e. The summed E-state index contributed by atoms with van der Waals surface area (Å²) in [7, 11) is 0. The first-order chi connectivity index (χ1) is 15.1. The van der Waals surface area contributed by atoms with E-state index in [4.69, 9.17) is 9.47 Å². The van der Waals surface area contributed by atoms with E-state index in [0.29, 0.717) is 42.5 Å². The van der Waals surface area contributed by atoms with Crippen LogP contribution in [-0.4, -0.2) is 45.5 Å². The van der Waals surface area contributed by atoms with Gasteiger partial charge in [-0.1, -0.05) is 18.2 Å². The predicted molar refractivity (Wildman–Crippen MR) is 114 cm³/mol. The second kappa shape index (κ2) is 7.94. The molecule has 3 heterocycles. The lowest BCUT2D eigenvalue weighted by Crippen LogP contribution is -2.39. The van der Waals surface area contributed by atoms with Crippen LogP contribution in [0.1, 0.15) is 34.6 Å². The lowest BCUT2D eigenvalue weighted by molar-refractivity contribution is 0.0689. The Labute approximate surface area is 179 Å². The molecule has 8 nitrogen and oxygen atoms in total. The summed E-state index contributed by atoms with van der Waals surface area (Å²) in [6.07, 6.45) is 2.43. The van der Waals surface area contributed by atoms with Crippen molar-refractivity contribution in [3.63, 3.8) is 0 Å². The van der Waals surface area contributed by atoms with Crippen molar-refractivity contribution in [2.45, 2.75) is 26.2 Å². The summed E-state index contributed by atoms with van der Waals surface area (Å²) in [5.74, 6) is 2.40. The zero-order valence-electron chi connectivity index (χ0n) is 17.3. The van der Waals surface area contributed by atoms with Gasteiger partial charge in [-0.3, -0.25) is 4.79 Å². The molecule has 0 radical (unpaired) electrons. The van der Waals surface area contributed by atoms with Gasteiger partial charge in [0.2, 0.25) is 6.79 Å². The van der Waals surface area contributed by atoms with E-state index >= 15 is 0 Å². The van der Waals surface area contributed by atoms with Crippen LogP contribution in [0, 0.1) is 12.8 Å². The number of aromatic amines is 1. The average molecular weight is 420 g/mol. The van der Waals surface area contributed by atoms with Gasteiger partial charge in [0.25, 0.3) is 5.91 Å². The Kier molecular flexibility index (Phi) is 4.97.